The second kappa shape index (κ2) is 6.45. The molecule has 4 heteroatoms. The van der Waals surface area contributed by atoms with Crippen LogP contribution in [-0.4, -0.2) is 31.3 Å². The lowest BCUT2D eigenvalue weighted by Crippen LogP contribution is -2.22. The molecule has 1 aliphatic rings. The molecule has 2 rings (SSSR count). The van der Waals surface area contributed by atoms with Gasteiger partial charge in [0.1, 0.15) is 5.82 Å². The quantitative estimate of drug-likeness (QED) is 0.823. The number of aromatic nitrogens is 1. The summed E-state index contributed by atoms with van der Waals surface area (Å²) in [5, 5.41) is 6.44. The fraction of sp³-hybridized carbons (Fsp3) is 0.615. The topological polar surface area (TPSA) is 46.2 Å². The molecule has 1 aliphatic heterocycles. The van der Waals surface area contributed by atoms with Gasteiger partial charge in [-0.1, -0.05) is 0 Å². The average molecular weight is 235 g/mol. The third-order valence-corrected chi connectivity index (χ3v) is 3.09. The van der Waals surface area contributed by atoms with Gasteiger partial charge in [0.25, 0.3) is 0 Å². The molecule has 0 aliphatic carbocycles. The summed E-state index contributed by atoms with van der Waals surface area (Å²) >= 11 is 0. The van der Waals surface area contributed by atoms with Crippen LogP contribution in [0.3, 0.4) is 0 Å². The largest absolute Gasteiger partial charge is 0.385 e. The summed E-state index contributed by atoms with van der Waals surface area (Å²) in [6.07, 6.45) is 7.08. The Morgan fingerprint density at radius 1 is 1.47 bits per heavy atom. The van der Waals surface area contributed by atoms with Crippen LogP contribution in [0.1, 0.15) is 25.7 Å². The number of hydrogen-bond acceptors (Lipinski definition) is 4. The van der Waals surface area contributed by atoms with Gasteiger partial charge in [0.15, 0.2) is 0 Å². The van der Waals surface area contributed by atoms with Crippen molar-refractivity contribution in [1.82, 2.24) is 4.98 Å². The summed E-state index contributed by atoms with van der Waals surface area (Å²) in [5.74, 6) is 0.893. The van der Waals surface area contributed by atoms with Gasteiger partial charge in [-0.2, -0.15) is 0 Å². The molecule has 0 spiro atoms. The van der Waals surface area contributed by atoms with E-state index in [0.717, 1.165) is 31.1 Å². The lowest BCUT2D eigenvalue weighted by molar-refractivity contribution is 0.0134. The zero-order valence-electron chi connectivity index (χ0n) is 10.4. The highest BCUT2D eigenvalue weighted by atomic mass is 16.5. The van der Waals surface area contributed by atoms with Crippen LogP contribution >= 0.6 is 0 Å². The van der Waals surface area contributed by atoms with E-state index in [4.69, 9.17) is 4.74 Å². The first kappa shape index (κ1) is 12.2. The summed E-state index contributed by atoms with van der Waals surface area (Å²) in [5.41, 5.74) is 1.11. The van der Waals surface area contributed by atoms with Crippen LogP contribution in [-0.2, 0) is 4.74 Å². The highest BCUT2D eigenvalue weighted by Gasteiger charge is 2.12. The number of pyridine rings is 1. The van der Waals surface area contributed by atoms with Gasteiger partial charge >= 0.3 is 0 Å². The predicted octanol–water partition coefficient (Wildman–Crippen LogP) is 2.49. The lowest BCUT2D eigenvalue weighted by Gasteiger charge is -2.22. The first-order valence-electron chi connectivity index (χ1n) is 6.38. The highest BCUT2D eigenvalue weighted by Crippen LogP contribution is 2.16. The minimum absolute atomic E-state index is 0.446. The molecule has 1 aromatic heterocycles. The van der Waals surface area contributed by atoms with Crippen molar-refractivity contribution in [2.24, 2.45) is 0 Å². The van der Waals surface area contributed by atoms with E-state index in [1.54, 1.807) is 0 Å². The molecule has 1 saturated heterocycles. The van der Waals surface area contributed by atoms with Gasteiger partial charge in [0.2, 0.25) is 0 Å². The Kier molecular flexibility index (Phi) is 4.62. The van der Waals surface area contributed by atoms with Crippen molar-refractivity contribution in [2.45, 2.75) is 31.8 Å². The Hall–Kier alpha value is -1.29. The van der Waals surface area contributed by atoms with Gasteiger partial charge in [-0.15, -0.1) is 0 Å². The van der Waals surface area contributed by atoms with E-state index >= 15 is 0 Å². The van der Waals surface area contributed by atoms with Gasteiger partial charge in [0, 0.05) is 38.1 Å². The molecular weight excluding hydrogens is 214 g/mol. The molecule has 4 nitrogen and oxygen atoms in total. The molecule has 0 amide bonds. The van der Waals surface area contributed by atoms with Crippen LogP contribution in [0, 0.1) is 0 Å². The van der Waals surface area contributed by atoms with E-state index in [1.165, 1.54) is 19.3 Å². The molecule has 1 atom stereocenters. The number of ether oxygens (including phenoxy) is 1. The van der Waals surface area contributed by atoms with Crippen molar-refractivity contribution in [1.29, 1.82) is 0 Å². The van der Waals surface area contributed by atoms with Crippen molar-refractivity contribution >= 4 is 11.5 Å². The molecule has 94 valence electrons. The maximum atomic E-state index is 5.70. The van der Waals surface area contributed by atoms with Gasteiger partial charge in [-0.05, 0) is 31.7 Å². The predicted molar refractivity (Wildman–Crippen MR) is 70.5 cm³/mol. The second-order valence-corrected chi connectivity index (χ2v) is 4.38. The zero-order chi connectivity index (χ0) is 11.9. The zero-order valence-corrected chi connectivity index (χ0v) is 10.4. The standard InChI is InChI=1S/C13H21N3O/c1-14-13-10-11(5-7-16-13)15-8-6-12-4-2-3-9-17-12/h5,7,10,12H,2-4,6,8-9H2,1H3,(H2,14,15,16). The van der Waals surface area contributed by atoms with Gasteiger partial charge in [-0.25, -0.2) is 4.98 Å². The maximum absolute atomic E-state index is 5.70. The van der Waals surface area contributed by atoms with Crippen LogP contribution in [0.5, 0.6) is 0 Å². The monoisotopic (exact) mass is 235 g/mol. The summed E-state index contributed by atoms with van der Waals surface area (Å²) in [6, 6.07) is 4.00. The van der Waals surface area contributed by atoms with Gasteiger partial charge in [-0.3, -0.25) is 0 Å². The van der Waals surface area contributed by atoms with Crippen molar-refractivity contribution in [2.75, 3.05) is 30.8 Å². The summed E-state index contributed by atoms with van der Waals surface area (Å²) < 4.78 is 5.70. The molecule has 0 radical (unpaired) electrons. The van der Waals surface area contributed by atoms with Crippen molar-refractivity contribution in [3.05, 3.63) is 18.3 Å². The fourth-order valence-corrected chi connectivity index (χ4v) is 2.09. The summed E-state index contributed by atoms with van der Waals surface area (Å²) in [7, 11) is 1.88. The van der Waals surface area contributed by atoms with Crippen molar-refractivity contribution in [3.63, 3.8) is 0 Å². The first-order valence-corrected chi connectivity index (χ1v) is 6.38. The first-order chi connectivity index (χ1) is 8.38. The number of rotatable bonds is 5. The molecule has 0 saturated carbocycles. The SMILES string of the molecule is CNc1cc(NCCC2CCCCO2)ccn1. The molecule has 1 unspecified atom stereocenters. The Morgan fingerprint density at radius 2 is 2.41 bits per heavy atom. The molecular formula is C13H21N3O. The van der Waals surface area contributed by atoms with Crippen molar-refractivity contribution < 1.29 is 4.74 Å². The van der Waals surface area contributed by atoms with Crippen LogP contribution < -0.4 is 10.6 Å². The van der Waals surface area contributed by atoms with E-state index in [-0.39, 0.29) is 0 Å². The molecule has 1 aromatic rings. The Bertz CT molecular complexity index is 337. The van der Waals surface area contributed by atoms with E-state index in [2.05, 4.69) is 15.6 Å². The van der Waals surface area contributed by atoms with Gasteiger partial charge < -0.3 is 15.4 Å². The molecule has 1 fully saturated rings. The maximum Gasteiger partial charge on any atom is 0.127 e. The molecule has 0 aromatic carbocycles. The highest BCUT2D eigenvalue weighted by molar-refractivity contribution is 5.51. The number of nitrogens with one attached hydrogen (secondary N) is 2. The third-order valence-electron chi connectivity index (χ3n) is 3.09. The number of anilines is 2. The molecule has 17 heavy (non-hydrogen) atoms. The van der Waals surface area contributed by atoms with E-state index in [0.29, 0.717) is 6.10 Å². The van der Waals surface area contributed by atoms with E-state index < -0.39 is 0 Å². The lowest BCUT2D eigenvalue weighted by atomic mass is 10.1. The molecule has 2 N–H and O–H groups in total. The van der Waals surface area contributed by atoms with E-state index in [9.17, 15) is 0 Å². The Labute approximate surface area is 103 Å². The van der Waals surface area contributed by atoms with Crippen LogP contribution in [0.15, 0.2) is 18.3 Å². The van der Waals surface area contributed by atoms with Gasteiger partial charge in [0.05, 0.1) is 6.10 Å². The summed E-state index contributed by atoms with van der Waals surface area (Å²) in [4.78, 5) is 4.18. The second-order valence-electron chi connectivity index (χ2n) is 4.38. The van der Waals surface area contributed by atoms with E-state index in [1.807, 2.05) is 25.4 Å². The Morgan fingerprint density at radius 3 is 3.18 bits per heavy atom. The fourth-order valence-electron chi connectivity index (χ4n) is 2.09. The van der Waals surface area contributed by atoms with Crippen molar-refractivity contribution in [3.8, 4) is 0 Å². The molecule has 2 heterocycles. The van der Waals surface area contributed by atoms with Crippen LogP contribution in [0.4, 0.5) is 11.5 Å². The normalized spacial score (nSPS) is 19.9. The smallest absolute Gasteiger partial charge is 0.127 e. The minimum Gasteiger partial charge on any atom is -0.385 e. The number of nitrogens with zero attached hydrogens (tertiary/aromatic N) is 1. The van der Waals surface area contributed by atoms with Crippen LogP contribution in [0.25, 0.3) is 0 Å². The minimum atomic E-state index is 0.446. The Balaban J connectivity index is 1.73. The van der Waals surface area contributed by atoms with Crippen LogP contribution in [0.2, 0.25) is 0 Å². The molecule has 0 bridgehead atoms. The average Bonchev–Trinajstić information content (AvgIpc) is 2.40. The summed E-state index contributed by atoms with van der Waals surface area (Å²) in [6.45, 7) is 1.89. The third kappa shape index (κ3) is 3.89. The number of hydrogen-bond donors (Lipinski definition) is 2.